The Balaban J connectivity index is 0.000000134. The van der Waals surface area contributed by atoms with E-state index in [-0.39, 0.29) is 0 Å². The van der Waals surface area contributed by atoms with Crippen molar-refractivity contribution in [3.63, 3.8) is 0 Å². The standard InChI is InChI=1S/C30H19Br.C24H16BO2.C6H4BrI/c31-22-18-16-21(17-19-22)29-25-11-3-5-13-27(25)30(28-14-6-4-12-26(28)29)24-15-7-9-20-8-1-2-10-23(20)24;26-25-27-24-21-13-5-3-11-19(21)23(20-12-4-6-14-22(20)24)18-15-7-9-16-8-1-2-10-17(16)18;7-5-1-3-6(8)4-2-5/h1-19H;1-15,26H;1-4H. The number of benzene rings is 12. The van der Waals surface area contributed by atoms with E-state index in [9.17, 15) is 5.02 Å². The molecule has 0 saturated heterocycles. The normalized spacial score (nSPS) is 11.0. The molecule has 12 aromatic rings. The van der Waals surface area contributed by atoms with Crippen molar-refractivity contribution in [1.29, 1.82) is 0 Å². The van der Waals surface area contributed by atoms with Crippen molar-refractivity contribution in [3.05, 3.63) is 243 Å². The third kappa shape index (κ3) is 8.62. The molecule has 315 valence electrons. The summed E-state index contributed by atoms with van der Waals surface area (Å²) in [5.74, 6) is 0.674. The van der Waals surface area contributed by atoms with Gasteiger partial charge in [0.2, 0.25) is 0 Å². The van der Waals surface area contributed by atoms with Gasteiger partial charge < -0.3 is 9.68 Å². The fraction of sp³-hybridized carbons (Fsp3) is 0. The Labute approximate surface area is 415 Å². The Bertz CT molecular complexity index is 3560. The molecular weight excluding hydrogens is 1050 g/mol. The second kappa shape index (κ2) is 19.7. The molecule has 0 aliphatic rings. The van der Waals surface area contributed by atoms with E-state index in [1.54, 1.807) is 0 Å². The highest BCUT2D eigenvalue weighted by Crippen LogP contribution is 2.46. The first kappa shape index (κ1) is 43.6. The Morgan fingerprint density at radius 3 is 1.05 bits per heavy atom. The number of halogens is 3. The maximum atomic E-state index is 9.32. The van der Waals surface area contributed by atoms with Gasteiger partial charge in [-0.15, -0.1) is 0 Å². The van der Waals surface area contributed by atoms with Gasteiger partial charge in [-0.05, 0) is 146 Å². The van der Waals surface area contributed by atoms with Crippen LogP contribution in [0, 0.1) is 3.57 Å². The average Bonchev–Trinajstić information content (AvgIpc) is 3.37. The maximum absolute atomic E-state index is 9.32. The van der Waals surface area contributed by atoms with Crippen LogP contribution in [0.15, 0.2) is 239 Å². The molecular formula is C60H39BBr2IO2. The van der Waals surface area contributed by atoms with E-state index >= 15 is 0 Å². The molecule has 6 heteroatoms. The van der Waals surface area contributed by atoms with Crippen LogP contribution in [-0.2, 0) is 0 Å². The molecule has 0 aliphatic carbocycles. The molecule has 1 radical (unpaired) electrons. The molecule has 12 rings (SSSR count). The SMILES string of the molecule is Brc1ccc(-c2c3ccccc3c(-c3cccc4ccccc34)c3ccccc23)cc1.Brc1ccc(I)cc1.O[B]Oc1c2ccccc2c(-c2cccc3ccccc23)c2ccccc12. The first-order valence-electron chi connectivity index (χ1n) is 21.6. The first-order valence-corrected chi connectivity index (χ1v) is 24.3. The summed E-state index contributed by atoms with van der Waals surface area (Å²) in [6.07, 6.45) is 0. The topological polar surface area (TPSA) is 29.5 Å². The van der Waals surface area contributed by atoms with Gasteiger partial charge in [0.05, 0.1) is 0 Å². The van der Waals surface area contributed by atoms with Crippen LogP contribution in [0.4, 0.5) is 0 Å². The van der Waals surface area contributed by atoms with Crippen molar-refractivity contribution in [2.75, 3.05) is 0 Å². The van der Waals surface area contributed by atoms with Crippen LogP contribution in [0.5, 0.6) is 5.75 Å². The summed E-state index contributed by atoms with van der Waals surface area (Å²) in [6.45, 7) is 0. The quantitative estimate of drug-likeness (QED) is 0.106. The zero-order chi connectivity index (χ0) is 45.0. The van der Waals surface area contributed by atoms with Gasteiger partial charge in [-0.1, -0.05) is 226 Å². The number of rotatable bonds is 5. The van der Waals surface area contributed by atoms with Crippen LogP contribution in [0.2, 0.25) is 0 Å². The third-order valence-electron chi connectivity index (χ3n) is 12.0. The number of hydrogen-bond donors (Lipinski definition) is 1. The smallest absolute Gasteiger partial charge is 0.537 e. The summed E-state index contributed by atoms with van der Waals surface area (Å²) in [5.41, 5.74) is 7.50. The summed E-state index contributed by atoms with van der Waals surface area (Å²) >= 11 is 9.20. The lowest BCUT2D eigenvalue weighted by molar-refractivity contribution is 0.459. The van der Waals surface area contributed by atoms with Crippen molar-refractivity contribution in [2.45, 2.75) is 0 Å². The van der Waals surface area contributed by atoms with Crippen molar-refractivity contribution in [2.24, 2.45) is 0 Å². The first-order chi connectivity index (χ1) is 32.5. The molecule has 0 heterocycles. The minimum Gasteiger partial charge on any atom is -0.537 e. The summed E-state index contributed by atoms with van der Waals surface area (Å²) in [5, 5.41) is 23.6. The predicted molar refractivity (Wildman–Crippen MR) is 297 cm³/mol. The Kier molecular flexibility index (Phi) is 13.0. The summed E-state index contributed by atoms with van der Waals surface area (Å²) in [4.78, 5) is 0. The fourth-order valence-corrected chi connectivity index (χ4v) is 10.1. The van der Waals surface area contributed by atoms with E-state index in [1.165, 1.54) is 80.0 Å². The summed E-state index contributed by atoms with van der Waals surface area (Å²) in [7, 11) is 0.756. The molecule has 0 saturated carbocycles. The molecule has 0 amide bonds. The van der Waals surface area contributed by atoms with Gasteiger partial charge in [-0.25, -0.2) is 0 Å². The molecule has 0 aliphatic heterocycles. The zero-order valence-corrected chi connectivity index (χ0v) is 40.8. The minimum atomic E-state index is 0.674. The molecule has 12 aromatic carbocycles. The largest absolute Gasteiger partial charge is 0.569 e. The second-order valence-electron chi connectivity index (χ2n) is 15.9. The average molecular weight is 1090 g/mol. The molecule has 1 N–H and O–H groups in total. The van der Waals surface area contributed by atoms with E-state index < -0.39 is 0 Å². The van der Waals surface area contributed by atoms with Gasteiger partial charge in [-0.3, -0.25) is 0 Å². The maximum Gasteiger partial charge on any atom is 0.569 e. The summed E-state index contributed by atoms with van der Waals surface area (Å²) in [6, 6.07) is 81.0. The molecule has 0 fully saturated rings. The molecule has 0 aromatic heterocycles. The lowest BCUT2D eigenvalue weighted by atomic mass is 9.85. The van der Waals surface area contributed by atoms with E-state index in [0.717, 1.165) is 38.2 Å². The minimum absolute atomic E-state index is 0.674. The Morgan fingerprint density at radius 1 is 0.333 bits per heavy atom. The molecule has 66 heavy (non-hydrogen) atoms. The molecule has 0 bridgehead atoms. The zero-order valence-electron chi connectivity index (χ0n) is 35.5. The van der Waals surface area contributed by atoms with Crippen LogP contribution in [0.3, 0.4) is 0 Å². The van der Waals surface area contributed by atoms with Gasteiger partial charge in [0.1, 0.15) is 5.75 Å². The van der Waals surface area contributed by atoms with Gasteiger partial charge in [0.25, 0.3) is 0 Å². The molecule has 0 spiro atoms. The molecule has 0 atom stereocenters. The molecule has 0 unspecified atom stereocenters. The predicted octanol–water partition coefficient (Wildman–Crippen LogP) is 18.0. The van der Waals surface area contributed by atoms with Gasteiger partial charge >= 0.3 is 7.69 Å². The van der Waals surface area contributed by atoms with Gasteiger partial charge in [0, 0.05) is 23.3 Å². The van der Waals surface area contributed by atoms with Crippen LogP contribution in [-0.4, -0.2) is 12.7 Å². The monoisotopic (exact) mass is 1090 g/mol. The number of hydrogen-bond acceptors (Lipinski definition) is 2. The number of fused-ring (bicyclic) bond motifs is 6. The Morgan fingerprint density at radius 2 is 0.652 bits per heavy atom. The van der Waals surface area contributed by atoms with Crippen LogP contribution >= 0.6 is 54.5 Å². The van der Waals surface area contributed by atoms with E-state index in [1.807, 2.05) is 48.5 Å². The van der Waals surface area contributed by atoms with Crippen LogP contribution in [0.25, 0.3) is 98.0 Å². The Hall–Kier alpha value is -6.29. The van der Waals surface area contributed by atoms with Crippen molar-refractivity contribution in [1.82, 2.24) is 0 Å². The van der Waals surface area contributed by atoms with Crippen LogP contribution < -0.4 is 4.65 Å². The molecule has 2 nitrogen and oxygen atoms in total. The van der Waals surface area contributed by atoms with E-state index in [4.69, 9.17) is 4.65 Å². The second-order valence-corrected chi connectivity index (χ2v) is 18.9. The lowest BCUT2D eigenvalue weighted by Crippen LogP contribution is -2.02. The van der Waals surface area contributed by atoms with Gasteiger partial charge in [0.15, 0.2) is 0 Å². The summed E-state index contributed by atoms with van der Waals surface area (Å²) < 4.78 is 9.04. The third-order valence-corrected chi connectivity index (χ3v) is 13.8. The van der Waals surface area contributed by atoms with Crippen molar-refractivity contribution >= 4 is 127 Å². The highest BCUT2D eigenvalue weighted by atomic mass is 127. The lowest BCUT2D eigenvalue weighted by Gasteiger charge is -2.18. The van der Waals surface area contributed by atoms with E-state index in [0.29, 0.717) is 5.75 Å². The van der Waals surface area contributed by atoms with Crippen molar-refractivity contribution < 1.29 is 9.68 Å². The van der Waals surface area contributed by atoms with Gasteiger partial charge in [-0.2, -0.15) is 0 Å². The van der Waals surface area contributed by atoms with Crippen LogP contribution in [0.1, 0.15) is 0 Å². The van der Waals surface area contributed by atoms with Crippen molar-refractivity contribution in [3.8, 4) is 39.1 Å². The fourth-order valence-electron chi connectivity index (χ4n) is 9.22. The van der Waals surface area contributed by atoms with E-state index in [2.05, 4.69) is 236 Å². The highest BCUT2D eigenvalue weighted by Gasteiger charge is 2.19. The highest BCUT2D eigenvalue weighted by molar-refractivity contribution is 14.1.